The number of aliphatic hydroxyl groups excluding tert-OH is 1. The first-order chi connectivity index (χ1) is 14.1. The van der Waals surface area contributed by atoms with Gasteiger partial charge in [-0.2, -0.15) is 0 Å². The van der Waals surface area contributed by atoms with Gasteiger partial charge in [0.25, 0.3) is 0 Å². The molecule has 1 rings (SSSR count). The van der Waals surface area contributed by atoms with Gasteiger partial charge in [0.2, 0.25) is 0 Å². The van der Waals surface area contributed by atoms with E-state index in [1.165, 1.54) is 0 Å². The van der Waals surface area contributed by atoms with Crippen molar-refractivity contribution < 1.29 is 14.6 Å². The van der Waals surface area contributed by atoms with Crippen LogP contribution >= 0.6 is 24.0 Å². The Morgan fingerprint density at radius 1 is 1.10 bits per heavy atom. The van der Waals surface area contributed by atoms with Gasteiger partial charge < -0.3 is 25.2 Å². The van der Waals surface area contributed by atoms with Crippen LogP contribution in [0.2, 0.25) is 0 Å². The quantitative estimate of drug-likeness (QED) is 0.137. The fourth-order valence-electron chi connectivity index (χ4n) is 3.18. The molecule has 6 nitrogen and oxygen atoms in total. The molecule has 1 aromatic rings. The van der Waals surface area contributed by atoms with E-state index < -0.39 is 0 Å². The molecule has 0 amide bonds. The van der Waals surface area contributed by atoms with Crippen LogP contribution < -0.4 is 10.6 Å². The van der Waals surface area contributed by atoms with Crippen LogP contribution in [0.3, 0.4) is 0 Å². The molecule has 7 heteroatoms. The summed E-state index contributed by atoms with van der Waals surface area (Å²) in [4.78, 5) is 4.73. The van der Waals surface area contributed by atoms with Crippen molar-refractivity contribution in [3.05, 3.63) is 35.4 Å². The second kappa shape index (κ2) is 18.8. The number of hydrogen-bond donors (Lipinski definition) is 3. The van der Waals surface area contributed by atoms with Crippen molar-refractivity contribution >= 4 is 29.9 Å². The number of halogens is 1. The first-order valence-electron chi connectivity index (χ1n) is 10.9. The molecule has 0 saturated heterocycles. The molecule has 0 heterocycles. The molecule has 0 bridgehead atoms. The second-order valence-corrected chi connectivity index (χ2v) is 7.65. The summed E-state index contributed by atoms with van der Waals surface area (Å²) in [6, 6.07) is 8.35. The highest BCUT2D eigenvalue weighted by atomic mass is 127. The molecule has 0 radical (unpaired) electrons. The van der Waals surface area contributed by atoms with E-state index in [1.54, 1.807) is 0 Å². The fraction of sp³-hybridized carbons (Fsp3) is 0.696. The summed E-state index contributed by atoms with van der Waals surface area (Å²) in [6.07, 6.45) is 1.91. The average Bonchev–Trinajstić information content (AvgIpc) is 2.70. The summed E-state index contributed by atoms with van der Waals surface area (Å²) in [5.74, 6) is 1.88. The highest BCUT2D eigenvalue weighted by Gasteiger charge is 2.11. The van der Waals surface area contributed by atoms with Gasteiger partial charge >= 0.3 is 0 Å². The Kier molecular flexibility index (Phi) is 18.3. The second-order valence-electron chi connectivity index (χ2n) is 7.65. The van der Waals surface area contributed by atoms with Gasteiger partial charge in [0.15, 0.2) is 5.96 Å². The molecule has 1 aromatic carbocycles. The Bertz CT molecular complexity index is 570. The molecule has 0 saturated carbocycles. The van der Waals surface area contributed by atoms with Crippen molar-refractivity contribution in [2.75, 3.05) is 39.5 Å². The van der Waals surface area contributed by atoms with Crippen LogP contribution in [0.1, 0.15) is 51.7 Å². The number of hydrogen-bond acceptors (Lipinski definition) is 4. The van der Waals surface area contributed by atoms with E-state index in [0.717, 1.165) is 49.6 Å². The minimum Gasteiger partial charge on any atom is -0.396 e. The molecule has 0 fully saturated rings. The number of rotatable bonds is 15. The summed E-state index contributed by atoms with van der Waals surface area (Å²) in [6.45, 7) is 13.5. The predicted molar refractivity (Wildman–Crippen MR) is 135 cm³/mol. The van der Waals surface area contributed by atoms with Crippen molar-refractivity contribution in [1.82, 2.24) is 10.6 Å². The Labute approximate surface area is 200 Å². The fourth-order valence-corrected chi connectivity index (χ4v) is 3.18. The Hall–Kier alpha value is -0.900. The van der Waals surface area contributed by atoms with E-state index in [0.29, 0.717) is 38.2 Å². The van der Waals surface area contributed by atoms with Gasteiger partial charge in [-0.25, -0.2) is 4.99 Å². The average molecular weight is 536 g/mol. The number of aliphatic imine (C=N–C) groups is 1. The van der Waals surface area contributed by atoms with E-state index in [-0.39, 0.29) is 30.6 Å². The molecule has 0 spiro atoms. The Balaban J connectivity index is 0.00000841. The molecule has 174 valence electrons. The zero-order chi connectivity index (χ0) is 21.3. The molecule has 30 heavy (non-hydrogen) atoms. The van der Waals surface area contributed by atoms with Gasteiger partial charge in [-0.3, -0.25) is 0 Å². The lowest BCUT2D eigenvalue weighted by atomic mass is 9.94. The lowest BCUT2D eigenvalue weighted by Gasteiger charge is -2.20. The van der Waals surface area contributed by atoms with Gasteiger partial charge in [0.1, 0.15) is 0 Å². The van der Waals surface area contributed by atoms with Crippen LogP contribution in [0.25, 0.3) is 0 Å². The first kappa shape index (κ1) is 29.1. The highest BCUT2D eigenvalue weighted by molar-refractivity contribution is 14.0. The minimum atomic E-state index is 0. The van der Waals surface area contributed by atoms with Gasteiger partial charge in [0, 0.05) is 26.3 Å². The summed E-state index contributed by atoms with van der Waals surface area (Å²) in [7, 11) is 0. The third kappa shape index (κ3) is 14.2. The number of ether oxygens (including phenoxy) is 2. The molecule has 0 aromatic heterocycles. The smallest absolute Gasteiger partial charge is 0.191 e. The van der Waals surface area contributed by atoms with Gasteiger partial charge in [-0.15, -0.1) is 24.0 Å². The van der Waals surface area contributed by atoms with Crippen molar-refractivity contribution in [2.45, 2.75) is 53.7 Å². The summed E-state index contributed by atoms with van der Waals surface area (Å²) in [5.41, 5.74) is 2.30. The van der Waals surface area contributed by atoms with Gasteiger partial charge in [-0.1, -0.05) is 38.1 Å². The van der Waals surface area contributed by atoms with Crippen molar-refractivity contribution in [3.63, 3.8) is 0 Å². The summed E-state index contributed by atoms with van der Waals surface area (Å²) in [5, 5.41) is 16.1. The number of aliphatic hydroxyl groups is 1. The molecule has 0 aliphatic rings. The monoisotopic (exact) mass is 535 g/mol. The standard InChI is InChI=1S/C23H41N3O3.HI/c1-5-24-23(26-17-21(10-11-27)14-19(3)4)25-16-20-8-7-9-22(15-20)18-29-13-12-28-6-2;/h7-9,15,19,21,27H,5-6,10-14,16-18H2,1-4H3,(H2,24,25,26);1H. The predicted octanol–water partition coefficient (Wildman–Crippen LogP) is 3.96. The van der Waals surface area contributed by atoms with E-state index >= 15 is 0 Å². The Morgan fingerprint density at radius 3 is 2.50 bits per heavy atom. The highest BCUT2D eigenvalue weighted by Crippen LogP contribution is 2.14. The molecule has 3 N–H and O–H groups in total. The van der Waals surface area contributed by atoms with Crippen LogP contribution in [-0.4, -0.2) is 50.6 Å². The molecule has 1 atom stereocenters. The van der Waals surface area contributed by atoms with Gasteiger partial charge in [-0.05, 0) is 49.7 Å². The van der Waals surface area contributed by atoms with Crippen molar-refractivity contribution in [1.29, 1.82) is 0 Å². The van der Waals surface area contributed by atoms with E-state index in [9.17, 15) is 5.11 Å². The molecule has 1 unspecified atom stereocenters. The van der Waals surface area contributed by atoms with E-state index in [4.69, 9.17) is 14.5 Å². The summed E-state index contributed by atoms with van der Waals surface area (Å²) < 4.78 is 10.9. The van der Waals surface area contributed by atoms with Crippen LogP contribution in [0.5, 0.6) is 0 Å². The first-order valence-corrected chi connectivity index (χ1v) is 10.9. The van der Waals surface area contributed by atoms with Crippen LogP contribution in [0.4, 0.5) is 0 Å². The third-order valence-corrected chi connectivity index (χ3v) is 4.50. The maximum atomic E-state index is 9.31. The van der Waals surface area contributed by atoms with E-state index in [2.05, 4.69) is 49.6 Å². The number of guanidine groups is 1. The lowest BCUT2D eigenvalue weighted by Crippen LogP contribution is -2.40. The topological polar surface area (TPSA) is 75.1 Å². The zero-order valence-electron chi connectivity index (χ0n) is 19.2. The van der Waals surface area contributed by atoms with Gasteiger partial charge in [0.05, 0.1) is 26.4 Å². The van der Waals surface area contributed by atoms with Crippen LogP contribution in [0.15, 0.2) is 29.3 Å². The zero-order valence-corrected chi connectivity index (χ0v) is 21.5. The number of nitrogens with zero attached hydrogens (tertiary/aromatic N) is 1. The largest absolute Gasteiger partial charge is 0.396 e. The van der Waals surface area contributed by atoms with Crippen LogP contribution in [0, 0.1) is 11.8 Å². The molecule has 0 aliphatic carbocycles. The molecular weight excluding hydrogens is 493 g/mol. The van der Waals surface area contributed by atoms with Crippen molar-refractivity contribution in [2.24, 2.45) is 16.8 Å². The number of nitrogens with one attached hydrogen (secondary N) is 2. The third-order valence-electron chi connectivity index (χ3n) is 4.50. The molecular formula is C23H42IN3O3. The molecule has 0 aliphatic heterocycles. The van der Waals surface area contributed by atoms with E-state index in [1.807, 2.05) is 13.0 Å². The minimum absolute atomic E-state index is 0. The SMILES string of the molecule is CCNC(=NCc1cccc(COCCOCC)c1)NCC(CCO)CC(C)C.I. The Morgan fingerprint density at radius 2 is 1.83 bits per heavy atom. The number of benzene rings is 1. The normalized spacial score (nSPS) is 12.5. The lowest BCUT2D eigenvalue weighted by molar-refractivity contribution is 0.0453. The maximum absolute atomic E-state index is 9.31. The van der Waals surface area contributed by atoms with Crippen LogP contribution in [-0.2, 0) is 22.6 Å². The summed E-state index contributed by atoms with van der Waals surface area (Å²) >= 11 is 0. The van der Waals surface area contributed by atoms with Crippen molar-refractivity contribution in [3.8, 4) is 0 Å². The maximum Gasteiger partial charge on any atom is 0.191 e.